The van der Waals surface area contributed by atoms with Gasteiger partial charge in [-0.05, 0) is 19.8 Å². The molecule has 18 heavy (non-hydrogen) atoms. The van der Waals surface area contributed by atoms with Crippen molar-refractivity contribution in [2.45, 2.75) is 31.8 Å². The number of amides is 2. The highest BCUT2D eigenvalue weighted by atomic mass is 32.2. The molecule has 2 saturated heterocycles. The zero-order valence-electron chi connectivity index (χ0n) is 10.6. The Kier molecular flexibility index (Phi) is 3.35. The molecule has 2 atom stereocenters. The first-order chi connectivity index (χ1) is 8.31. The average Bonchev–Trinajstić information content (AvgIpc) is 2.73. The third-order valence-corrected chi connectivity index (χ3v) is 4.56. The highest BCUT2D eigenvalue weighted by Crippen LogP contribution is 2.26. The Morgan fingerprint density at radius 2 is 1.94 bits per heavy atom. The third kappa shape index (κ3) is 2.36. The van der Waals surface area contributed by atoms with E-state index in [-0.39, 0.29) is 30.2 Å². The molecule has 0 aromatic carbocycles. The maximum Gasteiger partial charge on any atom is 0.246 e. The number of sulfone groups is 1. The third-order valence-electron chi connectivity index (χ3n) is 3.63. The smallest absolute Gasteiger partial charge is 0.246 e. The van der Waals surface area contributed by atoms with Gasteiger partial charge in [-0.25, -0.2) is 8.42 Å². The fourth-order valence-corrected chi connectivity index (χ4v) is 3.14. The molecule has 0 aliphatic carbocycles. The molecule has 7 heteroatoms. The van der Waals surface area contributed by atoms with E-state index in [2.05, 4.69) is 0 Å². The first kappa shape index (κ1) is 13.3. The summed E-state index contributed by atoms with van der Waals surface area (Å²) in [5, 5.41) is 0. The standard InChI is InChI=1S/C11H18N2O4S/c1-8-10(14)13-5-3-4-9(13)11(15)12(8)6-7-18(2,16)17/h8-9H,3-7H2,1-2H3. The lowest BCUT2D eigenvalue weighted by Crippen LogP contribution is -2.62. The Morgan fingerprint density at radius 1 is 1.28 bits per heavy atom. The molecule has 0 spiro atoms. The molecule has 2 rings (SSSR count). The van der Waals surface area contributed by atoms with Gasteiger partial charge in [-0.2, -0.15) is 0 Å². The second kappa shape index (κ2) is 4.53. The lowest BCUT2D eigenvalue weighted by atomic mass is 10.1. The van der Waals surface area contributed by atoms with Crippen LogP contribution in [0.15, 0.2) is 0 Å². The Hall–Kier alpha value is -1.11. The fraction of sp³-hybridized carbons (Fsp3) is 0.818. The van der Waals surface area contributed by atoms with Crippen molar-refractivity contribution in [2.24, 2.45) is 0 Å². The zero-order chi connectivity index (χ0) is 13.5. The molecule has 0 saturated carbocycles. The molecular formula is C11H18N2O4S. The van der Waals surface area contributed by atoms with E-state index < -0.39 is 15.9 Å². The molecule has 2 heterocycles. The number of hydrogen-bond acceptors (Lipinski definition) is 4. The summed E-state index contributed by atoms with van der Waals surface area (Å²) in [6.07, 6.45) is 2.66. The van der Waals surface area contributed by atoms with Gasteiger partial charge in [-0.1, -0.05) is 0 Å². The number of piperazine rings is 1. The van der Waals surface area contributed by atoms with Crippen molar-refractivity contribution < 1.29 is 18.0 Å². The number of hydrogen-bond donors (Lipinski definition) is 0. The van der Waals surface area contributed by atoms with Crippen LogP contribution in [0.5, 0.6) is 0 Å². The summed E-state index contributed by atoms with van der Waals surface area (Å²) in [7, 11) is -3.13. The van der Waals surface area contributed by atoms with Gasteiger partial charge in [-0.3, -0.25) is 9.59 Å². The fourth-order valence-electron chi connectivity index (χ4n) is 2.61. The number of carbonyl (C=O) groups excluding carboxylic acids is 2. The summed E-state index contributed by atoms with van der Waals surface area (Å²) in [5.41, 5.74) is 0. The Bertz CT molecular complexity index is 473. The van der Waals surface area contributed by atoms with Crippen LogP contribution in [-0.4, -0.2) is 67.2 Å². The maximum absolute atomic E-state index is 12.2. The highest BCUT2D eigenvalue weighted by Gasteiger charge is 2.45. The first-order valence-electron chi connectivity index (χ1n) is 6.10. The van der Waals surface area contributed by atoms with E-state index in [9.17, 15) is 18.0 Å². The molecule has 0 radical (unpaired) electrons. The van der Waals surface area contributed by atoms with Gasteiger partial charge in [0.15, 0.2) is 0 Å². The van der Waals surface area contributed by atoms with Crippen LogP contribution in [0.1, 0.15) is 19.8 Å². The van der Waals surface area contributed by atoms with Crippen LogP contribution in [0.4, 0.5) is 0 Å². The number of rotatable bonds is 3. The van der Waals surface area contributed by atoms with Gasteiger partial charge in [0.25, 0.3) is 0 Å². The van der Waals surface area contributed by atoms with Gasteiger partial charge in [0, 0.05) is 19.3 Å². The molecule has 2 unspecified atom stereocenters. The number of carbonyl (C=O) groups is 2. The monoisotopic (exact) mass is 274 g/mol. The predicted molar refractivity (Wildman–Crippen MR) is 65.6 cm³/mol. The van der Waals surface area contributed by atoms with Crippen molar-refractivity contribution in [2.75, 3.05) is 25.1 Å². The van der Waals surface area contributed by atoms with Gasteiger partial charge in [0.05, 0.1) is 5.75 Å². The molecule has 102 valence electrons. The van der Waals surface area contributed by atoms with Crippen LogP contribution >= 0.6 is 0 Å². The van der Waals surface area contributed by atoms with E-state index in [4.69, 9.17) is 0 Å². The van der Waals surface area contributed by atoms with E-state index >= 15 is 0 Å². The van der Waals surface area contributed by atoms with Gasteiger partial charge < -0.3 is 9.80 Å². The minimum atomic E-state index is -3.13. The molecule has 0 aromatic heterocycles. The van der Waals surface area contributed by atoms with E-state index in [1.54, 1.807) is 11.8 Å². The van der Waals surface area contributed by atoms with Gasteiger partial charge in [0.1, 0.15) is 21.9 Å². The van der Waals surface area contributed by atoms with Crippen molar-refractivity contribution in [1.29, 1.82) is 0 Å². The van der Waals surface area contributed by atoms with Crippen LogP contribution in [-0.2, 0) is 19.4 Å². The van der Waals surface area contributed by atoms with E-state index in [1.165, 1.54) is 4.90 Å². The van der Waals surface area contributed by atoms with Crippen molar-refractivity contribution in [3.05, 3.63) is 0 Å². The lowest BCUT2D eigenvalue weighted by Gasteiger charge is -2.40. The van der Waals surface area contributed by atoms with Crippen molar-refractivity contribution in [3.8, 4) is 0 Å². The lowest BCUT2D eigenvalue weighted by molar-refractivity contribution is -0.158. The van der Waals surface area contributed by atoms with Crippen LogP contribution in [0, 0.1) is 0 Å². The van der Waals surface area contributed by atoms with E-state index in [0.717, 1.165) is 12.7 Å². The topological polar surface area (TPSA) is 74.8 Å². The molecule has 2 amide bonds. The molecule has 0 aromatic rings. The SMILES string of the molecule is CC1C(=O)N2CCCC2C(=O)N1CCS(C)(=O)=O. The number of nitrogens with zero attached hydrogens (tertiary/aromatic N) is 2. The normalized spacial score (nSPS) is 28.8. The van der Waals surface area contributed by atoms with E-state index in [1.807, 2.05) is 0 Å². The van der Waals surface area contributed by atoms with Crippen molar-refractivity contribution in [1.82, 2.24) is 9.80 Å². The quantitative estimate of drug-likeness (QED) is 0.679. The summed E-state index contributed by atoms with van der Waals surface area (Å²) >= 11 is 0. The summed E-state index contributed by atoms with van der Waals surface area (Å²) in [6, 6.07) is -0.915. The largest absolute Gasteiger partial charge is 0.329 e. The molecule has 2 fully saturated rings. The summed E-state index contributed by atoms with van der Waals surface area (Å²) in [4.78, 5) is 27.3. The van der Waals surface area contributed by atoms with Crippen LogP contribution in [0.2, 0.25) is 0 Å². The minimum Gasteiger partial charge on any atom is -0.329 e. The summed E-state index contributed by atoms with van der Waals surface area (Å²) in [5.74, 6) is -0.267. The second-order valence-corrected chi connectivity index (χ2v) is 7.29. The minimum absolute atomic E-state index is 0.0643. The Morgan fingerprint density at radius 3 is 2.56 bits per heavy atom. The van der Waals surface area contributed by atoms with Gasteiger partial charge >= 0.3 is 0 Å². The molecule has 2 aliphatic rings. The molecule has 6 nitrogen and oxygen atoms in total. The molecule has 2 aliphatic heterocycles. The summed E-state index contributed by atoms with van der Waals surface area (Å²) in [6.45, 7) is 2.41. The average molecular weight is 274 g/mol. The number of fused-ring (bicyclic) bond motifs is 1. The van der Waals surface area contributed by atoms with Crippen molar-refractivity contribution >= 4 is 21.7 Å². The van der Waals surface area contributed by atoms with Gasteiger partial charge in [-0.15, -0.1) is 0 Å². The molecular weight excluding hydrogens is 256 g/mol. The van der Waals surface area contributed by atoms with E-state index in [0.29, 0.717) is 13.0 Å². The second-order valence-electron chi connectivity index (χ2n) is 5.03. The molecule has 0 bridgehead atoms. The Labute approximate surface area is 107 Å². The Balaban J connectivity index is 2.14. The highest BCUT2D eigenvalue weighted by molar-refractivity contribution is 7.90. The summed E-state index contributed by atoms with van der Waals surface area (Å²) < 4.78 is 22.3. The first-order valence-corrected chi connectivity index (χ1v) is 8.16. The van der Waals surface area contributed by atoms with Crippen molar-refractivity contribution in [3.63, 3.8) is 0 Å². The van der Waals surface area contributed by atoms with Crippen LogP contribution in [0.25, 0.3) is 0 Å². The molecule has 0 N–H and O–H groups in total. The van der Waals surface area contributed by atoms with Gasteiger partial charge in [0.2, 0.25) is 11.8 Å². The zero-order valence-corrected chi connectivity index (χ0v) is 11.4. The predicted octanol–water partition coefficient (Wildman–Crippen LogP) is -0.747. The van der Waals surface area contributed by atoms with Crippen LogP contribution in [0.3, 0.4) is 0 Å². The van der Waals surface area contributed by atoms with Crippen LogP contribution < -0.4 is 0 Å². The maximum atomic E-state index is 12.2.